The van der Waals surface area contributed by atoms with E-state index < -0.39 is 23.2 Å². The lowest BCUT2D eigenvalue weighted by molar-refractivity contribution is -0.121. The van der Waals surface area contributed by atoms with Crippen LogP contribution in [0, 0.1) is 19.7 Å². The predicted molar refractivity (Wildman–Crippen MR) is 93.6 cm³/mol. The molecule has 8 heteroatoms. The first-order chi connectivity index (χ1) is 12.3. The number of rotatable bonds is 6. The molecular weight excluding hydrogens is 341 g/mol. The SMILES string of the molecule is Cc1ccc(C(=O)NCCNC(=O)Cn2c(C)cc(O)cc2=O)cc1F. The number of carbonyl (C=O) groups is 2. The number of nitrogens with one attached hydrogen (secondary N) is 2. The lowest BCUT2D eigenvalue weighted by atomic mass is 10.1. The predicted octanol–water partition coefficient (Wildman–Crippen LogP) is 0.856. The van der Waals surface area contributed by atoms with Crippen LogP contribution in [0.2, 0.25) is 0 Å². The smallest absolute Gasteiger partial charge is 0.254 e. The maximum Gasteiger partial charge on any atom is 0.254 e. The standard InChI is InChI=1S/C18H20FN3O4/c1-11-3-4-13(8-15(11)19)18(26)21-6-5-20-16(24)10-22-12(2)7-14(23)9-17(22)25/h3-4,7-9,23H,5-6,10H2,1-2H3,(H,20,24)(H,21,26). The number of benzene rings is 1. The highest BCUT2D eigenvalue weighted by atomic mass is 19.1. The largest absolute Gasteiger partial charge is 0.508 e. The molecule has 0 unspecified atom stereocenters. The Hall–Kier alpha value is -3.16. The molecule has 1 heterocycles. The number of hydrogen-bond acceptors (Lipinski definition) is 4. The number of carbonyl (C=O) groups excluding carboxylic acids is 2. The fraction of sp³-hybridized carbons (Fsp3) is 0.278. The Labute approximate surface area is 149 Å². The molecule has 0 aliphatic heterocycles. The summed E-state index contributed by atoms with van der Waals surface area (Å²) in [4.78, 5) is 35.6. The first-order valence-electron chi connectivity index (χ1n) is 7.99. The maximum absolute atomic E-state index is 13.5. The lowest BCUT2D eigenvalue weighted by Gasteiger charge is -2.11. The van der Waals surface area contributed by atoms with Crippen LogP contribution in [0.25, 0.3) is 0 Å². The minimum atomic E-state index is -0.479. The van der Waals surface area contributed by atoms with E-state index in [0.29, 0.717) is 11.3 Å². The summed E-state index contributed by atoms with van der Waals surface area (Å²) < 4.78 is 14.7. The summed E-state index contributed by atoms with van der Waals surface area (Å²) in [5.74, 6) is -1.46. The van der Waals surface area contributed by atoms with Crippen molar-refractivity contribution in [3.05, 3.63) is 63.3 Å². The van der Waals surface area contributed by atoms with Crippen LogP contribution < -0.4 is 16.2 Å². The Morgan fingerprint density at radius 3 is 2.46 bits per heavy atom. The van der Waals surface area contributed by atoms with Crippen molar-refractivity contribution in [1.29, 1.82) is 0 Å². The van der Waals surface area contributed by atoms with E-state index in [4.69, 9.17) is 0 Å². The van der Waals surface area contributed by atoms with Gasteiger partial charge in [-0.1, -0.05) is 6.07 Å². The molecule has 0 radical (unpaired) electrons. The third-order valence-corrected chi connectivity index (χ3v) is 3.79. The monoisotopic (exact) mass is 361 g/mol. The number of aryl methyl sites for hydroxylation is 2. The molecular formula is C18H20FN3O4. The average molecular weight is 361 g/mol. The van der Waals surface area contributed by atoms with E-state index in [2.05, 4.69) is 10.6 Å². The van der Waals surface area contributed by atoms with E-state index in [9.17, 15) is 23.9 Å². The average Bonchev–Trinajstić information content (AvgIpc) is 2.57. The number of halogens is 1. The Balaban J connectivity index is 1.81. The molecule has 7 nitrogen and oxygen atoms in total. The van der Waals surface area contributed by atoms with Crippen molar-refractivity contribution in [2.45, 2.75) is 20.4 Å². The van der Waals surface area contributed by atoms with E-state index in [-0.39, 0.29) is 30.9 Å². The molecule has 0 aliphatic carbocycles. The maximum atomic E-state index is 13.5. The van der Waals surface area contributed by atoms with Gasteiger partial charge in [-0.3, -0.25) is 14.4 Å². The fourth-order valence-corrected chi connectivity index (χ4v) is 2.33. The van der Waals surface area contributed by atoms with Gasteiger partial charge in [0.25, 0.3) is 11.5 Å². The molecule has 2 rings (SSSR count). The number of aromatic nitrogens is 1. The van der Waals surface area contributed by atoms with Crippen LogP contribution in [-0.4, -0.2) is 34.6 Å². The third kappa shape index (κ3) is 4.92. The molecule has 1 aromatic heterocycles. The molecule has 0 fully saturated rings. The van der Waals surface area contributed by atoms with Crippen LogP contribution in [0.5, 0.6) is 5.75 Å². The van der Waals surface area contributed by atoms with Crippen molar-refractivity contribution >= 4 is 11.8 Å². The molecule has 0 atom stereocenters. The minimum Gasteiger partial charge on any atom is -0.508 e. The number of pyridine rings is 1. The zero-order valence-corrected chi connectivity index (χ0v) is 14.5. The molecule has 3 N–H and O–H groups in total. The molecule has 0 saturated carbocycles. The zero-order valence-electron chi connectivity index (χ0n) is 14.5. The van der Waals surface area contributed by atoms with E-state index in [0.717, 1.165) is 12.1 Å². The van der Waals surface area contributed by atoms with Crippen LogP contribution in [-0.2, 0) is 11.3 Å². The molecule has 2 amide bonds. The lowest BCUT2D eigenvalue weighted by Crippen LogP contribution is -2.38. The zero-order chi connectivity index (χ0) is 19.3. The van der Waals surface area contributed by atoms with Gasteiger partial charge in [-0.2, -0.15) is 0 Å². The van der Waals surface area contributed by atoms with Gasteiger partial charge in [-0.25, -0.2) is 4.39 Å². The Bertz CT molecular complexity index is 892. The quantitative estimate of drug-likeness (QED) is 0.664. The highest BCUT2D eigenvalue weighted by molar-refractivity contribution is 5.94. The first kappa shape index (κ1) is 19.2. The van der Waals surface area contributed by atoms with Gasteiger partial charge in [0.05, 0.1) is 0 Å². The van der Waals surface area contributed by atoms with E-state index in [1.165, 1.54) is 22.8 Å². The summed E-state index contributed by atoms with van der Waals surface area (Å²) in [6.07, 6.45) is 0. The van der Waals surface area contributed by atoms with Gasteiger partial charge >= 0.3 is 0 Å². The van der Waals surface area contributed by atoms with Gasteiger partial charge in [0, 0.05) is 30.4 Å². The Morgan fingerprint density at radius 1 is 1.12 bits per heavy atom. The van der Waals surface area contributed by atoms with Crippen molar-refractivity contribution in [3.63, 3.8) is 0 Å². The second-order valence-electron chi connectivity index (χ2n) is 5.85. The summed E-state index contributed by atoms with van der Waals surface area (Å²) >= 11 is 0. The molecule has 0 saturated heterocycles. The number of nitrogens with zero attached hydrogens (tertiary/aromatic N) is 1. The number of hydrogen-bond donors (Lipinski definition) is 3. The highest BCUT2D eigenvalue weighted by Gasteiger charge is 2.09. The van der Waals surface area contributed by atoms with Crippen molar-refractivity contribution in [2.24, 2.45) is 0 Å². The second-order valence-corrected chi connectivity index (χ2v) is 5.85. The van der Waals surface area contributed by atoms with Gasteiger partial charge in [0.2, 0.25) is 5.91 Å². The normalized spacial score (nSPS) is 10.4. The second kappa shape index (κ2) is 8.28. The molecule has 0 spiro atoms. The summed E-state index contributed by atoms with van der Waals surface area (Å²) in [6, 6.07) is 6.61. The topological polar surface area (TPSA) is 100 Å². The van der Waals surface area contributed by atoms with Crippen LogP contribution in [0.1, 0.15) is 21.6 Å². The molecule has 0 aliphatic rings. The minimum absolute atomic E-state index is 0.153. The summed E-state index contributed by atoms with van der Waals surface area (Å²) in [5, 5.41) is 14.5. The van der Waals surface area contributed by atoms with Gasteiger partial charge in [-0.15, -0.1) is 0 Å². The van der Waals surface area contributed by atoms with Crippen LogP contribution in [0.4, 0.5) is 4.39 Å². The van der Waals surface area contributed by atoms with E-state index >= 15 is 0 Å². The summed E-state index contributed by atoms with van der Waals surface area (Å²) in [6.45, 7) is 3.33. The third-order valence-electron chi connectivity index (χ3n) is 3.79. The van der Waals surface area contributed by atoms with Crippen molar-refractivity contribution in [3.8, 4) is 5.75 Å². The number of aromatic hydroxyl groups is 1. The van der Waals surface area contributed by atoms with Gasteiger partial charge < -0.3 is 20.3 Å². The van der Waals surface area contributed by atoms with Crippen LogP contribution in [0.15, 0.2) is 35.1 Å². The molecule has 0 bridgehead atoms. The van der Waals surface area contributed by atoms with Gasteiger partial charge in [-0.05, 0) is 37.6 Å². The van der Waals surface area contributed by atoms with Crippen molar-refractivity contribution in [2.75, 3.05) is 13.1 Å². The van der Waals surface area contributed by atoms with Gasteiger partial charge in [0.15, 0.2) is 0 Å². The molecule has 26 heavy (non-hydrogen) atoms. The van der Waals surface area contributed by atoms with E-state index in [1.54, 1.807) is 13.8 Å². The van der Waals surface area contributed by atoms with E-state index in [1.807, 2.05) is 0 Å². The Morgan fingerprint density at radius 2 is 1.81 bits per heavy atom. The van der Waals surface area contributed by atoms with Crippen LogP contribution in [0.3, 0.4) is 0 Å². The molecule has 2 aromatic rings. The number of amides is 2. The highest BCUT2D eigenvalue weighted by Crippen LogP contribution is 2.09. The van der Waals surface area contributed by atoms with Gasteiger partial charge in [0.1, 0.15) is 18.1 Å². The first-order valence-corrected chi connectivity index (χ1v) is 7.99. The molecule has 138 valence electrons. The molecule has 1 aromatic carbocycles. The summed E-state index contributed by atoms with van der Waals surface area (Å²) in [7, 11) is 0. The van der Waals surface area contributed by atoms with Crippen molar-refractivity contribution in [1.82, 2.24) is 15.2 Å². The Kier molecular flexibility index (Phi) is 6.11. The summed E-state index contributed by atoms with van der Waals surface area (Å²) in [5.41, 5.74) is 0.631. The fourth-order valence-electron chi connectivity index (χ4n) is 2.33. The van der Waals surface area contributed by atoms with Crippen LogP contribution >= 0.6 is 0 Å². The van der Waals surface area contributed by atoms with Crippen molar-refractivity contribution < 1.29 is 19.1 Å².